The summed E-state index contributed by atoms with van der Waals surface area (Å²) in [7, 11) is 0. The third kappa shape index (κ3) is 2.76. The van der Waals surface area contributed by atoms with Crippen LogP contribution in [0.4, 0.5) is 0 Å². The first-order valence-electron chi connectivity index (χ1n) is 5.73. The number of hydrogen-bond donors (Lipinski definition) is 0. The lowest BCUT2D eigenvalue weighted by Gasteiger charge is -2.20. The molecule has 0 spiro atoms. The number of esters is 1. The van der Waals surface area contributed by atoms with Gasteiger partial charge in [0.15, 0.2) is 0 Å². The maximum atomic E-state index is 12.1. The lowest BCUT2D eigenvalue weighted by Crippen LogP contribution is -2.31. The number of rotatable bonds is 4. The molecule has 18 heavy (non-hydrogen) atoms. The SMILES string of the molecule is CC(C)(C(=O)OCc1ccccc1)c1ccsn1. The number of aromatic nitrogens is 1. The zero-order valence-electron chi connectivity index (χ0n) is 10.4. The van der Waals surface area contributed by atoms with Crippen LogP contribution in [-0.2, 0) is 21.6 Å². The summed E-state index contributed by atoms with van der Waals surface area (Å²) in [5, 5.41) is 1.86. The summed E-state index contributed by atoms with van der Waals surface area (Å²) in [6.07, 6.45) is 0. The van der Waals surface area contributed by atoms with Crippen LogP contribution in [0.3, 0.4) is 0 Å². The molecule has 0 fully saturated rings. The van der Waals surface area contributed by atoms with E-state index in [-0.39, 0.29) is 5.97 Å². The molecular weight excluding hydrogens is 246 g/mol. The van der Waals surface area contributed by atoms with Crippen molar-refractivity contribution in [1.29, 1.82) is 0 Å². The molecule has 0 amide bonds. The van der Waals surface area contributed by atoms with Crippen molar-refractivity contribution in [1.82, 2.24) is 4.37 Å². The molecule has 2 aromatic rings. The van der Waals surface area contributed by atoms with Gasteiger partial charge in [-0.15, -0.1) is 0 Å². The van der Waals surface area contributed by atoms with Crippen molar-refractivity contribution in [3.05, 3.63) is 53.0 Å². The fourth-order valence-electron chi connectivity index (χ4n) is 1.54. The van der Waals surface area contributed by atoms with Gasteiger partial charge in [0.2, 0.25) is 0 Å². The summed E-state index contributed by atoms with van der Waals surface area (Å²) < 4.78 is 9.55. The highest BCUT2D eigenvalue weighted by Crippen LogP contribution is 2.24. The Hall–Kier alpha value is -1.68. The number of carbonyl (C=O) groups excluding carboxylic acids is 1. The van der Waals surface area contributed by atoms with Crippen LogP contribution < -0.4 is 0 Å². The number of benzene rings is 1. The van der Waals surface area contributed by atoms with Crippen LogP contribution in [0.5, 0.6) is 0 Å². The van der Waals surface area contributed by atoms with Crippen molar-refractivity contribution in [2.24, 2.45) is 0 Å². The molecule has 0 aliphatic carbocycles. The van der Waals surface area contributed by atoms with E-state index in [1.165, 1.54) is 11.5 Å². The summed E-state index contributed by atoms with van der Waals surface area (Å²) in [4.78, 5) is 12.1. The highest BCUT2D eigenvalue weighted by Gasteiger charge is 2.33. The molecule has 1 aromatic heterocycles. The van der Waals surface area contributed by atoms with Crippen molar-refractivity contribution >= 4 is 17.5 Å². The van der Waals surface area contributed by atoms with Crippen LogP contribution >= 0.6 is 11.5 Å². The van der Waals surface area contributed by atoms with Gasteiger partial charge in [0.1, 0.15) is 12.0 Å². The Kier molecular flexibility index (Phi) is 3.77. The largest absolute Gasteiger partial charge is 0.460 e. The monoisotopic (exact) mass is 261 g/mol. The van der Waals surface area contributed by atoms with E-state index in [9.17, 15) is 4.79 Å². The molecule has 0 aliphatic rings. The highest BCUT2D eigenvalue weighted by molar-refractivity contribution is 7.03. The van der Waals surface area contributed by atoms with Crippen LogP contribution in [0, 0.1) is 0 Å². The van der Waals surface area contributed by atoms with Gasteiger partial charge in [-0.25, -0.2) is 0 Å². The summed E-state index contributed by atoms with van der Waals surface area (Å²) in [5.74, 6) is -0.253. The minimum atomic E-state index is -0.700. The van der Waals surface area contributed by atoms with Crippen LogP contribution in [0.15, 0.2) is 41.8 Å². The minimum absolute atomic E-state index is 0.253. The molecule has 4 heteroatoms. The van der Waals surface area contributed by atoms with Crippen LogP contribution in [0.1, 0.15) is 25.1 Å². The first-order valence-corrected chi connectivity index (χ1v) is 6.56. The Morgan fingerprint density at radius 3 is 2.61 bits per heavy atom. The highest BCUT2D eigenvalue weighted by atomic mass is 32.1. The molecule has 0 atom stereocenters. The molecule has 0 aliphatic heterocycles. The van der Waals surface area contributed by atoms with Gasteiger partial charge in [0, 0.05) is 5.38 Å². The van der Waals surface area contributed by atoms with Gasteiger partial charge in [-0.1, -0.05) is 30.3 Å². The van der Waals surface area contributed by atoms with Gasteiger partial charge in [-0.3, -0.25) is 4.79 Å². The molecule has 0 radical (unpaired) electrons. The number of hydrogen-bond acceptors (Lipinski definition) is 4. The predicted molar refractivity (Wildman–Crippen MR) is 71.4 cm³/mol. The van der Waals surface area contributed by atoms with Crippen LogP contribution in [0.2, 0.25) is 0 Å². The van der Waals surface area contributed by atoms with Gasteiger partial charge in [-0.2, -0.15) is 4.37 Å². The van der Waals surface area contributed by atoms with Gasteiger partial charge >= 0.3 is 5.97 Å². The zero-order valence-corrected chi connectivity index (χ0v) is 11.2. The van der Waals surface area contributed by atoms with E-state index >= 15 is 0 Å². The Balaban J connectivity index is 2.00. The predicted octanol–water partition coefficient (Wildman–Crippen LogP) is 3.16. The average Bonchev–Trinajstić information content (AvgIpc) is 2.91. The normalized spacial score (nSPS) is 11.2. The maximum absolute atomic E-state index is 12.1. The van der Waals surface area contributed by atoms with Crippen LogP contribution in [-0.4, -0.2) is 10.3 Å². The second-order valence-electron chi connectivity index (χ2n) is 4.57. The topological polar surface area (TPSA) is 39.2 Å². The second kappa shape index (κ2) is 5.31. The molecule has 0 bridgehead atoms. The van der Waals surface area contributed by atoms with Crippen molar-refractivity contribution in [3.8, 4) is 0 Å². The van der Waals surface area contributed by atoms with Crippen molar-refractivity contribution in [3.63, 3.8) is 0 Å². The first kappa shape index (κ1) is 12.8. The van der Waals surface area contributed by atoms with E-state index in [2.05, 4.69) is 4.37 Å². The first-order chi connectivity index (χ1) is 8.60. The molecule has 0 unspecified atom stereocenters. The lowest BCUT2D eigenvalue weighted by molar-refractivity contribution is -0.150. The van der Waals surface area contributed by atoms with E-state index in [1.807, 2.05) is 55.6 Å². The van der Waals surface area contributed by atoms with Crippen molar-refractivity contribution < 1.29 is 9.53 Å². The molecule has 2 rings (SSSR count). The fraction of sp³-hybridized carbons (Fsp3) is 0.286. The zero-order chi connectivity index (χ0) is 13.0. The molecular formula is C14H15NO2S. The molecule has 1 heterocycles. The van der Waals surface area contributed by atoms with Gasteiger partial charge in [0.05, 0.1) is 5.69 Å². The third-order valence-electron chi connectivity index (χ3n) is 2.80. The quantitative estimate of drug-likeness (QED) is 0.794. The number of nitrogens with zero attached hydrogens (tertiary/aromatic N) is 1. The molecule has 1 aromatic carbocycles. The Bertz CT molecular complexity index is 506. The summed E-state index contributed by atoms with van der Waals surface area (Å²) in [6.45, 7) is 3.96. The standard InChI is InChI=1S/C14H15NO2S/c1-14(2,12-8-9-18-15-12)13(16)17-10-11-6-4-3-5-7-11/h3-9H,10H2,1-2H3. The lowest BCUT2D eigenvalue weighted by atomic mass is 9.90. The van der Waals surface area contributed by atoms with Crippen LogP contribution in [0.25, 0.3) is 0 Å². The van der Waals surface area contributed by atoms with Crippen molar-refractivity contribution in [2.45, 2.75) is 25.9 Å². The van der Waals surface area contributed by atoms with E-state index in [1.54, 1.807) is 0 Å². The van der Waals surface area contributed by atoms with Gasteiger partial charge in [0.25, 0.3) is 0 Å². The Labute approximate surface area is 111 Å². The second-order valence-corrected chi connectivity index (χ2v) is 5.24. The molecule has 94 valence electrons. The molecule has 0 saturated carbocycles. The minimum Gasteiger partial charge on any atom is -0.460 e. The smallest absolute Gasteiger partial charge is 0.317 e. The summed E-state index contributed by atoms with van der Waals surface area (Å²) in [6, 6.07) is 11.5. The average molecular weight is 261 g/mol. The summed E-state index contributed by atoms with van der Waals surface area (Å²) >= 11 is 1.34. The Morgan fingerprint density at radius 2 is 2.00 bits per heavy atom. The maximum Gasteiger partial charge on any atom is 0.317 e. The van der Waals surface area contributed by atoms with E-state index in [4.69, 9.17) is 4.74 Å². The van der Waals surface area contributed by atoms with E-state index in [0.717, 1.165) is 11.3 Å². The molecule has 0 N–H and O–H groups in total. The van der Waals surface area contributed by atoms with Gasteiger partial charge in [-0.05, 0) is 37.0 Å². The van der Waals surface area contributed by atoms with Gasteiger partial charge < -0.3 is 4.74 Å². The summed E-state index contributed by atoms with van der Waals surface area (Å²) in [5.41, 5.74) is 1.04. The van der Waals surface area contributed by atoms with Crippen molar-refractivity contribution in [2.75, 3.05) is 0 Å². The van der Waals surface area contributed by atoms with E-state index in [0.29, 0.717) is 6.61 Å². The Morgan fingerprint density at radius 1 is 1.28 bits per heavy atom. The number of ether oxygens (including phenoxy) is 1. The van der Waals surface area contributed by atoms with E-state index < -0.39 is 5.41 Å². The third-order valence-corrected chi connectivity index (χ3v) is 3.36. The molecule has 0 saturated heterocycles. The number of carbonyl (C=O) groups is 1. The fourth-order valence-corrected chi connectivity index (χ4v) is 2.20. The molecule has 3 nitrogen and oxygen atoms in total.